The summed E-state index contributed by atoms with van der Waals surface area (Å²) in [5, 5.41) is 10.3. The molecule has 1 amide bonds. The lowest BCUT2D eigenvalue weighted by Gasteiger charge is -2.10. The molecule has 0 saturated heterocycles. The van der Waals surface area contributed by atoms with Crippen LogP contribution in [-0.4, -0.2) is 24.6 Å². The molecule has 0 bridgehead atoms. The van der Waals surface area contributed by atoms with E-state index in [1.165, 1.54) is 41.7 Å². The SMILES string of the molecule is Cc1cc(NS(=O)(=O)c2ccc(NC(=S)NC(=O)c3sc4ccccc4c3Cl)cc2)no1. The van der Waals surface area contributed by atoms with E-state index in [1.807, 2.05) is 24.3 Å². The molecule has 4 rings (SSSR count). The molecule has 0 atom stereocenters. The van der Waals surface area contributed by atoms with Crippen LogP contribution in [0.4, 0.5) is 11.5 Å². The Labute approximate surface area is 197 Å². The molecule has 0 radical (unpaired) electrons. The van der Waals surface area contributed by atoms with Gasteiger partial charge in [-0.25, -0.2) is 8.42 Å². The Morgan fingerprint density at radius 1 is 1.16 bits per heavy atom. The number of benzene rings is 2. The van der Waals surface area contributed by atoms with E-state index < -0.39 is 15.9 Å². The van der Waals surface area contributed by atoms with Crippen molar-refractivity contribution in [2.45, 2.75) is 11.8 Å². The zero-order valence-electron chi connectivity index (χ0n) is 16.4. The molecule has 4 aromatic rings. The van der Waals surface area contributed by atoms with Gasteiger partial charge < -0.3 is 9.84 Å². The first kappa shape index (κ1) is 22.2. The summed E-state index contributed by atoms with van der Waals surface area (Å²) in [7, 11) is -3.83. The molecule has 2 aromatic carbocycles. The Balaban J connectivity index is 1.41. The number of carbonyl (C=O) groups is 1. The quantitative estimate of drug-likeness (QED) is 0.334. The van der Waals surface area contributed by atoms with E-state index in [9.17, 15) is 13.2 Å². The van der Waals surface area contributed by atoms with Gasteiger partial charge >= 0.3 is 0 Å². The number of hydrogen-bond acceptors (Lipinski definition) is 7. The van der Waals surface area contributed by atoms with Crippen molar-refractivity contribution < 1.29 is 17.7 Å². The Morgan fingerprint density at radius 2 is 1.88 bits per heavy atom. The molecule has 2 aromatic heterocycles. The van der Waals surface area contributed by atoms with Crippen LogP contribution in [-0.2, 0) is 10.0 Å². The molecule has 3 N–H and O–H groups in total. The first-order valence-electron chi connectivity index (χ1n) is 9.08. The van der Waals surface area contributed by atoms with Gasteiger partial charge in [0.2, 0.25) is 0 Å². The fourth-order valence-electron chi connectivity index (χ4n) is 2.81. The molecule has 32 heavy (non-hydrogen) atoms. The summed E-state index contributed by atoms with van der Waals surface area (Å²) in [5.41, 5.74) is 0.494. The summed E-state index contributed by atoms with van der Waals surface area (Å²) in [6.45, 7) is 1.65. The van der Waals surface area contributed by atoms with Crippen LogP contribution in [0.2, 0.25) is 5.02 Å². The van der Waals surface area contributed by atoms with Gasteiger partial charge in [0.25, 0.3) is 15.9 Å². The average molecular weight is 507 g/mol. The average Bonchev–Trinajstić information content (AvgIpc) is 3.31. The fraction of sp³-hybridized carbons (Fsp3) is 0.0500. The smallest absolute Gasteiger partial charge is 0.269 e. The minimum Gasteiger partial charge on any atom is -0.360 e. The maximum Gasteiger partial charge on any atom is 0.269 e. The highest BCUT2D eigenvalue weighted by Crippen LogP contribution is 2.35. The first-order valence-corrected chi connectivity index (χ1v) is 12.2. The lowest BCUT2D eigenvalue weighted by Crippen LogP contribution is -2.33. The summed E-state index contributed by atoms with van der Waals surface area (Å²) in [6, 6.07) is 14.7. The van der Waals surface area contributed by atoms with Gasteiger partial charge in [-0.2, -0.15) is 0 Å². The molecule has 0 spiro atoms. The summed E-state index contributed by atoms with van der Waals surface area (Å²) in [5.74, 6) is 0.142. The molecule has 0 aliphatic rings. The summed E-state index contributed by atoms with van der Waals surface area (Å²) in [6.07, 6.45) is 0. The molecule has 0 saturated carbocycles. The molecular formula is C20H15ClN4O4S3. The highest BCUT2D eigenvalue weighted by molar-refractivity contribution is 7.92. The van der Waals surface area contributed by atoms with Gasteiger partial charge in [0.05, 0.1) is 9.92 Å². The number of aromatic nitrogens is 1. The highest BCUT2D eigenvalue weighted by atomic mass is 35.5. The van der Waals surface area contributed by atoms with Gasteiger partial charge in [-0.05, 0) is 49.5 Å². The Morgan fingerprint density at radius 3 is 2.53 bits per heavy atom. The molecule has 0 aliphatic heterocycles. The maximum atomic E-state index is 12.6. The summed E-state index contributed by atoms with van der Waals surface area (Å²) in [4.78, 5) is 13.0. The van der Waals surface area contributed by atoms with Crippen molar-refractivity contribution in [2.75, 3.05) is 10.0 Å². The van der Waals surface area contributed by atoms with Crippen LogP contribution in [0.3, 0.4) is 0 Å². The molecule has 2 heterocycles. The molecular weight excluding hydrogens is 492 g/mol. The molecule has 0 aliphatic carbocycles. The van der Waals surface area contributed by atoms with Crippen LogP contribution in [0.1, 0.15) is 15.4 Å². The van der Waals surface area contributed by atoms with Crippen molar-refractivity contribution in [1.29, 1.82) is 0 Å². The number of halogens is 1. The van der Waals surface area contributed by atoms with Crippen molar-refractivity contribution in [3.63, 3.8) is 0 Å². The number of anilines is 2. The first-order chi connectivity index (χ1) is 15.2. The standard InChI is InChI=1S/C20H15ClN4O4S3/c1-11-10-16(24-29-11)25-32(27,28)13-8-6-12(7-9-13)22-20(30)23-19(26)18-17(21)14-4-2-3-5-15(14)31-18/h2-10H,1H3,(H,24,25)(H2,22,23,26,30). The van der Waals surface area contributed by atoms with E-state index in [0.717, 1.165) is 10.1 Å². The molecule has 0 fully saturated rings. The van der Waals surface area contributed by atoms with E-state index in [-0.39, 0.29) is 15.8 Å². The van der Waals surface area contributed by atoms with Crippen LogP contribution in [0, 0.1) is 6.92 Å². The third kappa shape index (κ3) is 4.75. The number of nitrogens with one attached hydrogen (secondary N) is 3. The highest BCUT2D eigenvalue weighted by Gasteiger charge is 2.19. The minimum atomic E-state index is -3.83. The molecule has 8 nitrogen and oxygen atoms in total. The van der Waals surface area contributed by atoms with Crippen LogP contribution >= 0.6 is 35.2 Å². The Bertz CT molecular complexity index is 1430. The van der Waals surface area contributed by atoms with Crippen molar-refractivity contribution in [3.05, 3.63) is 70.3 Å². The molecule has 12 heteroatoms. The third-order valence-corrected chi connectivity index (χ3v) is 7.51. The van der Waals surface area contributed by atoms with Crippen LogP contribution in [0.15, 0.2) is 64.0 Å². The number of carbonyl (C=O) groups excluding carboxylic acids is 1. The van der Waals surface area contributed by atoms with Gasteiger partial charge in [-0.15, -0.1) is 11.3 Å². The number of thiophene rings is 1. The van der Waals surface area contributed by atoms with Gasteiger partial charge in [-0.1, -0.05) is 35.0 Å². The zero-order chi connectivity index (χ0) is 22.9. The van der Waals surface area contributed by atoms with Gasteiger partial charge in [0, 0.05) is 21.8 Å². The Kier molecular flexibility index (Phi) is 6.15. The third-order valence-electron chi connectivity index (χ3n) is 4.26. The number of amides is 1. The van der Waals surface area contributed by atoms with Gasteiger partial charge in [0.1, 0.15) is 10.6 Å². The second kappa shape index (κ2) is 8.87. The van der Waals surface area contributed by atoms with Crippen molar-refractivity contribution in [1.82, 2.24) is 10.5 Å². The van der Waals surface area contributed by atoms with Crippen molar-refractivity contribution in [3.8, 4) is 0 Å². The van der Waals surface area contributed by atoms with E-state index in [2.05, 4.69) is 20.5 Å². The van der Waals surface area contributed by atoms with Gasteiger partial charge in [-0.3, -0.25) is 14.8 Å². The Hall–Kier alpha value is -2.99. The van der Waals surface area contributed by atoms with E-state index in [1.54, 1.807) is 6.92 Å². The number of sulfonamides is 1. The molecule has 0 unspecified atom stereocenters. The van der Waals surface area contributed by atoms with Crippen molar-refractivity contribution in [2.24, 2.45) is 0 Å². The monoisotopic (exact) mass is 506 g/mol. The van der Waals surface area contributed by atoms with E-state index in [0.29, 0.717) is 21.3 Å². The van der Waals surface area contributed by atoms with Crippen LogP contribution < -0.4 is 15.4 Å². The lowest BCUT2D eigenvalue weighted by molar-refractivity contribution is 0.0982. The predicted molar refractivity (Wildman–Crippen MR) is 129 cm³/mol. The maximum absolute atomic E-state index is 12.6. The predicted octanol–water partition coefficient (Wildman–Crippen LogP) is 4.78. The van der Waals surface area contributed by atoms with Gasteiger partial charge in [0.15, 0.2) is 10.9 Å². The van der Waals surface area contributed by atoms with E-state index >= 15 is 0 Å². The number of nitrogens with zero attached hydrogens (tertiary/aromatic N) is 1. The minimum absolute atomic E-state index is 0.0238. The largest absolute Gasteiger partial charge is 0.360 e. The number of hydrogen-bond donors (Lipinski definition) is 3. The second-order valence-corrected chi connectivity index (χ2v) is 10.1. The second-order valence-electron chi connectivity index (χ2n) is 6.60. The number of thiocarbonyl (C=S) groups is 1. The van der Waals surface area contributed by atoms with Crippen LogP contribution in [0.25, 0.3) is 10.1 Å². The topological polar surface area (TPSA) is 113 Å². The summed E-state index contributed by atoms with van der Waals surface area (Å²) < 4.78 is 33.0. The normalized spacial score (nSPS) is 11.3. The lowest BCUT2D eigenvalue weighted by atomic mass is 10.2. The van der Waals surface area contributed by atoms with E-state index in [4.69, 9.17) is 28.3 Å². The van der Waals surface area contributed by atoms with Crippen LogP contribution in [0.5, 0.6) is 0 Å². The molecule has 164 valence electrons. The summed E-state index contributed by atoms with van der Waals surface area (Å²) >= 11 is 12.8. The van der Waals surface area contributed by atoms with Crippen molar-refractivity contribution >= 4 is 77.8 Å². The zero-order valence-corrected chi connectivity index (χ0v) is 19.6. The number of aryl methyl sites for hydroxylation is 1. The number of rotatable bonds is 5. The fourth-order valence-corrected chi connectivity index (χ4v) is 5.42. The number of fused-ring (bicyclic) bond motifs is 1.